The number of amides is 1. The van der Waals surface area contributed by atoms with Crippen molar-refractivity contribution in [3.05, 3.63) is 0 Å². The molecule has 1 aliphatic heterocycles. The van der Waals surface area contributed by atoms with Gasteiger partial charge < -0.3 is 20.3 Å². The van der Waals surface area contributed by atoms with E-state index in [1.807, 2.05) is 0 Å². The molecule has 0 aromatic rings. The molecule has 3 aliphatic rings. The molecule has 1 saturated heterocycles. The predicted molar refractivity (Wildman–Crippen MR) is 118 cm³/mol. The molecule has 29 heavy (non-hydrogen) atoms. The maximum Gasteiger partial charge on any atom is 0.225 e. The summed E-state index contributed by atoms with van der Waals surface area (Å²) in [6, 6.07) is 0.304. The van der Waals surface area contributed by atoms with Crippen molar-refractivity contribution in [3.8, 4) is 0 Å². The fourth-order valence-electron chi connectivity index (χ4n) is 4.94. The van der Waals surface area contributed by atoms with Crippen molar-refractivity contribution in [2.45, 2.75) is 96.1 Å². The Morgan fingerprint density at radius 3 is 2.48 bits per heavy atom. The lowest BCUT2D eigenvalue weighted by Gasteiger charge is -2.26. The summed E-state index contributed by atoms with van der Waals surface area (Å²) in [5.41, 5.74) is 0. The Balaban J connectivity index is 1.36. The Bertz CT molecular complexity index is 513. The Labute approximate surface area is 177 Å². The van der Waals surface area contributed by atoms with E-state index in [4.69, 9.17) is 9.73 Å². The molecule has 1 amide bonds. The molecule has 2 saturated carbocycles. The van der Waals surface area contributed by atoms with Gasteiger partial charge in [-0.15, -0.1) is 0 Å². The van der Waals surface area contributed by atoms with Gasteiger partial charge in [0.2, 0.25) is 5.91 Å². The highest BCUT2D eigenvalue weighted by Gasteiger charge is 2.31. The van der Waals surface area contributed by atoms with Gasteiger partial charge in [-0.1, -0.05) is 38.5 Å². The topological polar surface area (TPSA) is 66.0 Å². The van der Waals surface area contributed by atoms with Crippen molar-refractivity contribution >= 4 is 11.9 Å². The third-order valence-electron chi connectivity index (χ3n) is 6.62. The van der Waals surface area contributed by atoms with Crippen molar-refractivity contribution in [2.75, 3.05) is 32.8 Å². The van der Waals surface area contributed by atoms with Gasteiger partial charge in [0.05, 0.1) is 6.10 Å². The number of likely N-dealkylation sites (tertiary alicyclic amines) is 1. The molecule has 0 radical (unpaired) electrons. The first-order valence-corrected chi connectivity index (χ1v) is 12.2. The molecule has 0 spiro atoms. The van der Waals surface area contributed by atoms with E-state index >= 15 is 0 Å². The largest absolute Gasteiger partial charge is 0.378 e. The molecular weight excluding hydrogens is 364 g/mol. The minimum absolute atomic E-state index is 0.272. The van der Waals surface area contributed by atoms with E-state index in [2.05, 4.69) is 22.5 Å². The van der Waals surface area contributed by atoms with Crippen LogP contribution in [-0.2, 0) is 9.53 Å². The highest BCUT2D eigenvalue weighted by Crippen LogP contribution is 2.26. The number of carbonyl (C=O) groups excluding carboxylic acids is 1. The molecule has 1 heterocycles. The fraction of sp³-hybridized carbons (Fsp3) is 0.913. The van der Waals surface area contributed by atoms with Crippen LogP contribution < -0.4 is 10.6 Å². The summed E-state index contributed by atoms with van der Waals surface area (Å²) in [6.07, 6.45) is 14.8. The quantitative estimate of drug-likeness (QED) is 0.368. The Morgan fingerprint density at radius 1 is 1.03 bits per heavy atom. The van der Waals surface area contributed by atoms with Crippen LogP contribution in [-0.4, -0.2) is 61.7 Å². The monoisotopic (exact) mass is 406 g/mol. The van der Waals surface area contributed by atoms with Crippen LogP contribution in [0.15, 0.2) is 4.99 Å². The average molecular weight is 407 g/mol. The van der Waals surface area contributed by atoms with Gasteiger partial charge >= 0.3 is 0 Å². The van der Waals surface area contributed by atoms with Gasteiger partial charge in [0.1, 0.15) is 0 Å². The fourth-order valence-corrected chi connectivity index (χ4v) is 4.94. The van der Waals surface area contributed by atoms with Gasteiger partial charge in [-0.25, -0.2) is 0 Å². The Hall–Kier alpha value is -1.30. The lowest BCUT2D eigenvalue weighted by Crippen LogP contribution is -2.45. The van der Waals surface area contributed by atoms with Crippen LogP contribution in [0.25, 0.3) is 0 Å². The number of ether oxygens (including phenoxy) is 1. The van der Waals surface area contributed by atoms with E-state index in [0.717, 1.165) is 64.4 Å². The lowest BCUT2D eigenvalue weighted by atomic mass is 9.88. The summed E-state index contributed by atoms with van der Waals surface area (Å²) in [5.74, 6) is 1.53. The third-order valence-corrected chi connectivity index (χ3v) is 6.62. The number of aliphatic imine (C=N–C) groups is 1. The molecule has 3 fully saturated rings. The summed E-state index contributed by atoms with van der Waals surface area (Å²) < 4.78 is 6.00. The third kappa shape index (κ3) is 7.47. The van der Waals surface area contributed by atoms with Crippen molar-refractivity contribution in [1.29, 1.82) is 0 Å². The molecule has 0 bridgehead atoms. The second-order valence-corrected chi connectivity index (χ2v) is 8.99. The molecule has 166 valence electrons. The van der Waals surface area contributed by atoms with E-state index < -0.39 is 0 Å². The summed E-state index contributed by atoms with van der Waals surface area (Å²) in [5, 5.41) is 6.90. The van der Waals surface area contributed by atoms with E-state index in [1.54, 1.807) is 0 Å². The highest BCUT2D eigenvalue weighted by molar-refractivity contribution is 5.81. The van der Waals surface area contributed by atoms with Crippen LogP contribution in [0.4, 0.5) is 0 Å². The average Bonchev–Trinajstić information content (AvgIpc) is 3.23. The predicted octanol–water partition coefficient (Wildman–Crippen LogP) is 3.46. The molecule has 1 atom stereocenters. The molecule has 6 heteroatoms. The second-order valence-electron chi connectivity index (χ2n) is 8.99. The maximum absolute atomic E-state index is 12.8. The minimum Gasteiger partial charge on any atom is -0.378 e. The van der Waals surface area contributed by atoms with E-state index in [-0.39, 0.29) is 5.92 Å². The number of hydrogen-bond donors (Lipinski definition) is 2. The van der Waals surface area contributed by atoms with Crippen molar-refractivity contribution in [2.24, 2.45) is 10.9 Å². The van der Waals surface area contributed by atoms with E-state index in [0.29, 0.717) is 18.1 Å². The highest BCUT2D eigenvalue weighted by atomic mass is 16.5. The van der Waals surface area contributed by atoms with Crippen molar-refractivity contribution < 1.29 is 9.53 Å². The first-order valence-electron chi connectivity index (χ1n) is 12.2. The van der Waals surface area contributed by atoms with Crippen molar-refractivity contribution in [1.82, 2.24) is 15.5 Å². The number of hydrogen-bond acceptors (Lipinski definition) is 3. The zero-order chi connectivity index (χ0) is 20.3. The summed E-state index contributed by atoms with van der Waals surface area (Å²) in [6.45, 7) is 6.21. The lowest BCUT2D eigenvalue weighted by molar-refractivity contribution is -0.135. The summed E-state index contributed by atoms with van der Waals surface area (Å²) in [7, 11) is 0. The van der Waals surface area contributed by atoms with Crippen molar-refractivity contribution in [3.63, 3.8) is 0 Å². The number of nitrogens with one attached hydrogen (secondary N) is 2. The minimum atomic E-state index is 0.272. The summed E-state index contributed by atoms with van der Waals surface area (Å²) in [4.78, 5) is 19.6. The molecule has 3 rings (SSSR count). The van der Waals surface area contributed by atoms with Gasteiger partial charge in [0, 0.05) is 44.7 Å². The Morgan fingerprint density at radius 2 is 1.76 bits per heavy atom. The van der Waals surface area contributed by atoms with Crippen LogP contribution in [0.5, 0.6) is 0 Å². The molecule has 2 aliphatic carbocycles. The molecule has 2 N–H and O–H groups in total. The summed E-state index contributed by atoms with van der Waals surface area (Å²) >= 11 is 0. The second kappa shape index (κ2) is 12.4. The zero-order valence-electron chi connectivity index (χ0n) is 18.5. The van der Waals surface area contributed by atoms with Gasteiger partial charge in [0.15, 0.2) is 5.96 Å². The van der Waals surface area contributed by atoms with Crippen LogP contribution >= 0.6 is 0 Å². The molecule has 0 aromatic carbocycles. The molecule has 0 aromatic heterocycles. The smallest absolute Gasteiger partial charge is 0.225 e. The van der Waals surface area contributed by atoms with E-state index in [1.165, 1.54) is 51.4 Å². The number of carbonyl (C=O) groups is 1. The normalized spacial score (nSPS) is 24.7. The number of guanidine groups is 1. The van der Waals surface area contributed by atoms with Gasteiger partial charge in [-0.2, -0.15) is 0 Å². The van der Waals surface area contributed by atoms with Crippen LogP contribution in [0.2, 0.25) is 0 Å². The molecule has 6 nitrogen and oxygen atoms in total. The standard InChI is InChI=1S/C23H42N4O2/c1-2-24-23(25-15-9-17-29-21-12-7-4-8-13-21)26-20-14-16-27(18-20)22(28)19-10-5-3-6-11-19/h19-21H,2-18H2,1H3,(H2,24,25,26). The first-order chi connectivity index (χ1) is 14.3. The number of nitrogens with zero attached hydrogens (tertiary/aromatic N) is 2. The number of rotatable bonds is 8. The first kappa shape index (κ1) is 22.4. The van der Waals surface area contributed by atoms with Gasteiger partial charge in [-0.05, 0) is 45.4 Å². The van der Waals surface area contributed by atoms with Gasteiger partial charge in [-0.3, -0.25) is 9.79 Å². The Kier molecular flexibility index (Phi) is 9.58. The van der Waals surface area contributed by atoms with Crippen LogP contribution in [0, 0.1) is 5.92 Å². The van der Waals surface area contributed by atoms with E-state index in [9.17, 15) is 4.79 Å². The zero-order valence-corrected chi connectivity index (χ0v) is 18.5. The van der Waals surface area contributed by atoms with Crippen LogP contribution in [0.1, 0.15) is 84.0 Å². The molecule has 1 unspecified atom stereocenters. The molecular formula is C23H42N4O2. The maximum atomic E-state index is 12.8. The van der Waals surface area contributed by atoms with Gasteiger partial charge in [0.25, 0.3) is 0 Å². The van der Waals surface area contributed by atoms with Crippen LogP contribution in [0.3, 0.4) is 0 Å². The SMILES string of the molecule is CCNC(=NCCCOC1CCCCC1)NC1CCN(C(=O)C2CCCCC2)C1.